The second-order valence-electron chi connectivity index (χ2n) is 1.70. The minimum Gasteiger partial charge on any atom is -0.450 e. The van der Waals surface area contributed by atoms with E-state index in [0.29, 0.717) is 0 Å². The Balaban J connectivity index is -0.0000000201. The third kappa shape index (κ3) is 1510. The van der Waals surface area contributed by atoms with Crippen LogP contribution in [0.5, 0.6) is 0 Å². The summed E-state index contributed by atoms with van der Waals surface area (Å²) in [6.45, 7) is 0. The third-order valence-corrected chi connectivity index (χ3v) is 0. The van der Waals surface area contributed by atoms with Gasteiger partial charge < -0.3 is 61.3 Å². The Morgan fingerprint density at radius 2 is 0.296 bits per heavy atom. The molecule has 0 saturated carbocycles. The normalized spacial score (nSPS) is 5.33. The summed E-state index contributed by atoms with van der Waals surface area (Å²) in [4.78, 5) is 51.3. The summed E-state index contributed by atoms with van der Waals surface area (Å²) in [6, 6.07) is 0. The largest absolute Gasteiger partial charge is 0.503 e. The van der Waals surface area contributed by atoms with Crippen LogP contribution >= 0.6 is 34.0 Å². The van der Waals surface area contributed by atoms with E-state index in [4.69, 9.17) is 90.0 Å². The fraction of sp³-hybridized carbons (Fsp3) is 0. The van der Waals surface area contributed by atoms with E-state index in [0.717, 1.165) is 0 Å². The maximum Gasteiger partial charge on any atom is 0.503 e. The maximum absolute atomic E-state index is 8.56. The van der Waals surface area contributed by atoms with E-state index in [9.17, 15) is 0 Å². The highest BCUT2D eigenvalue weighted by Gasteiger charge is 1.71. The Hall–Kier alpha value is -2.65. The molecule has 0 aliphatic carbocycles. The van der Waals surface area contributed by atoms with Crippen LogP contribution in [0.2, 0.25) is 0 Å². The van der Waals surface area contributed by atoms with E-state index in [1.807, 2.05) is 0 Å². The van der Waals surface area contributed by atoms with Gasteiger partial charge in [0, 0.05) is 0 Å². The molecular formula is C6H16Br2MgO18. The average Bonchev–Trinajstić information content (AvgIpc) is 2.08. The highest BCUT2D eigenvalue weighted by molar-refractivity contribution is 8.93. The van der Waals surface area contributed by atoms with Crippen molar-refractivity contribution < 1.29 is 90.0 Å². The van der Waals surface area contributed by atoms with Crippen LogP contribution in [0.3, 0.4) is 0 Å². The molecule has 0 radical (unpaired) electrons. The summed E-state index contributed by atoms with van der Waals surface area (Å²) in [5.74, 6) is 0. The molecule has 0 amide bonds. The molecule has 0 aromatic heterocycles. The number of hydrogen-bond donors (Lipinski definition) is 12. The zero-order chi connectivity index (χ0) is 21.5. The van der Waals surface area contributed by atoms with E-state index in [1.165, 1.54) is 0 Å². The summed E-state index contributed by atoms with van der Waals surface area (Å²) in [6.07, 6.45) is -11.0. The molecule has 27 heavy (non-hydrogen) atoms. The van der Waals surface area contributed by atoms with Crippen molar-refractivity contribution in [1.29, 1.82) is 0 Å². The molecule has 0 atom stereocenters. The molecule has 0 rings (SSSR count). The fourth-order valence-electron chi connectivity index (χ4n) is 0. The Labute approximate surface area is 183 Å². The molecule has 0 aromatic rings. The summed E-state index contributed by atoms with van der Waals surface area (Å²) >= 11 is 0. The first-order chi connectivity index (χ1) is 10.4. The molecule has 0 fully saturated rings. The molecule has 0 aliphatic heterocycles. The average molecular weight is 560 g/mol. The molecular weight excluding hydrogens is 544 g/mol. The zero-order valence-corrected chi connectivity index (χ0v) is 15.1. The van der Waals surface area contributed by atoms with Crippen LogP contribution < -0.4 is 0 Å². The standard InChI is InChI=1S/6CH2O3.2BrH.Mg.2H/c6*2-1(3)4;;;;;/h6*(H2,2,3,4);2*1H;;;. The van der Waals surface area contributed by atoms with Crippen molar-refractivity contribution in [1.82, 2.24) is 0 Å². The van der Waals surface area contributed by atoms with Crippen LogP contribution in [-0.2, 0) is 0 Å². The predicted molar refractivity (Wildman–Crippen MR) is 93.1 cm³/mol. The molecule has 0 unspecified atom stereocenters. The first-order valence-corrected chi connectivity index (χ1v) is 3.91. The predicted octanol–water partition coefficient (Wildman–Crippen LogP) is 1.57. The number of rotatable bonds is 0. The SMILES string of the molecule is Br.Br.O=C(O)O.O=C(O)O.O=C(O)O.O=C(O)O.O=C(O)O.O=C(O)O.[MgH2]. The van der Waals surface area contributed by atoms with Crippen molar-refractivity contribution in [2.75, 3.05) is 0 Å². The van der Waals surface area contributed by atoms with Gasteiger partial charge in [0.15, 0.2) is 0 Å². The van der Waals surface area contributed by atoms with Gasteiger partial charge >= 0.3 is 60.0 Å². The minimum atomic E-state index is -1.83. The molecule has 0 aromatic carbocycles. The number of carboxylic acid groups (broad SMARTS) is 12. The lowest BCUT2D eigenvalue weighted by molar-refractivity contribution is 0.135. The van der Waals surface area contributed by atoms with Gasteiger partial charge in [0.1, 0.15) is 0 Å². The van der Waals surface area contributed by atoms with E-state index in [-0.39, 0.29) is 57.0 Å². The van der Waals surface area contributed by atoms with Gasteiger partial charge in [-0.15, -0.1) is 34.0 Å². The van der Waals surface area contributed by atoms with Crippen molar-refractivity contribution >= 4 is 93.9 Å². The van der Waals surface area contributed by atoms with Crippen LogP contribution in [0.25, 0.3) is 0 Å². The van der Waals surface area contributed by atoms with Crippen molar-refractivity contribution in [3.05, 3.63) is 0 Å². The Bertz CT molecular complexity index is 267. The molecule has 0 spiro atoms. The second-order valence-corrected chi connectivity index (χ2v) is 1.70. The van der Waals surface area contributed by atoms with Gasteiger partial charge in [-0.3, -0.25) is 0 Å². The third-order valence-electron chi connectivity index (χ3n) is 0. The van der Waals surface area contributed by atoms with Crippen molar-refractivity contribution in [3.8, 4) is 0 Å². The molecule has 0 saturated heterocycles. The molecule has 0 bridgehead atoms. The van der Waals surface area contributed by atoms with E-state index >= 15 is 0 Å². The van der Waals surface area contributed by atoms with E-state index < -0.39 is 36.9 Å². The zero-order valence-electron chi connectivity index (χ0n) is 11.6. The van der Waals surface area contributed by atoms with Gasteiger partial charge in [0.25, 0.3) is 0 Å². The molecule has 0 aliphatic rings. The van der Waals surface area contributed by atoms with Crippen LogP contribution in [0.15, 0.2) is 0 Å². The van der Waals surface area contributed by atoms with Gasteiger partial charge in [0.2, 0.25) is 0 Å². The van der Waals surface area contributed by atoms with Crippen LogP contribution in [0.4, 0.5) is 28.8 Å². The minimum absolute atomic E-state index is 0. The van der Waals surface area contributed by atoms with Crippen LogP contribution in [0.1, 0.15) is 0 Å². The summed E-state index contributed by atoms with van der Waals surface area (Å²) in [7, 11) is 0. The van der Waals surface area contributed by atoms with Gasteiger partial charge in [-0.05, 0) is 0 Å². The molecule has 164 valence electrons. The Kier molecular flexibility index (Phi) is 103. The molecule has 12 N–H and O–H groups in total. The molecule has 0 heterocycles. The Morgan fingerprint density at radius 1 is 0.296 bits per heavy atom. The lowest BCUT2D eigenvalue weighted by Crippen LogP contribution is -1.81. The van der Waals surface area contributed by atoms with Gasteiger partial charge in [-0.1, -0.05) is 0 Å². The summed E-state index contributed by atoms with van der Waals surface area (Å²) in [5.41, 5.74) is 0. The number of carbonyl (C=O) groups is 6. The van der Waals surface area contributed by atoms with Gasteiger partial charge in [-0.2, -0.15) is 0 Å². The van der Waals surface area contributed by atoms with Crippen LogP contribution in [0, 0.1) is 0 Å². The first-order valence-electron chi connectivity index (χ1n) is 3.91. The van der Waals surface area contributed by atoms with Crippen molar-refractivity contribution in [2.45, 2.75) is 0 Å². The van der Waals surface area contributed by atoms with E-state index in [2.05, 4.69) is 0 Å². The maximum atomic E-state index is 8.56. The Morgan fingerprint density at radius 3 is 0.296 bits per heavy atom. The van der Waals surface area contributed by atoms with Crippen molar-refractivity contribution in [2.24, 2.45) is 0 Å². The summed E-state index contributed by atoms with van der Waals surface area (Å²) < 4.78 is 0. The van der Waals surface area contributed by atoms with Gasteiger partial charge in [-0.25, -0.2) is 28.8 Å². The first kappa shape index (κ1) is 56.3. The highest BCUT2D eigenvalue weighted by atomic mass is 79.9. The van der Waals surface area contributed by atoms with Crippen LogP contribution in [-0.4, -0.2) is 121 Å². The molecule has 18 nitrogen and oxygen atoms in total. The number of hydrogen-bond acceptors (Lipinski definition) is 6. The monoisotopic (exact) mass is 558 g/mol. The quantitative estimate of drug-likeness (QED) is 0.187. The summed E-state index contributed by atoms with van der Waals surface area (Å²) in [5, 5.41) is 83.7. The van der Waals surface area contributed by atoms with Crippen molar-refractivity contribution in [3.63, 3.8) is 0 Å². The highest BCUT2D eigenvalue weighted by Crippen LogP contribution is 1.44. The van der Waals surface area contributed by atoms with Gasteiger partial charge in [0.05, 0.1) is 0 Å². The lowest BCUT2D eigenvalue weighted by Gasteiger charge is -1.60. The van der Waals surface area contributed by atoms with E-state index in [1.54, 1.807) is 0 Å². The number of halogens is 2. The molecule has 21 heteroatoms. The fourth-order valence-corrected chi connectivity index (χ4v) is 0. The topological polar surface area (TPSA) is 345 Å². The lowest BCUT2D eigenvalue weighted by atomic mass is 11.5. The smallest absolute Gasteiger partial charge is 0.450 e. The second kappa shape index (κ2) is 49.5.